The summed E-state index contributed by atoms with van der Waals surface area (Å²) >= 11 is 0. The summed E-state index contributed by atoms with van der Waals surface area (Å²) < 4.78 is 14.5. The normalized spacial score (nSPS) is 13.9. The molecular formula is C18H21FN4. The molecule has 0 radical (unpaired) electrons. The Morgan fingerprint density at radius 2 is 2.09 bits per heavy atom. The number of hydrogen-bond acceptors (Lipinski definition) is 4. The van der Waals surface area contributed by atoms with Crippen molar-refractivity contribution in [1.82, 2.24) is 10.3 Å². The number of nitrogens with one attached hydrogen (secondary N) is 1. The van der Waals surface area contributed by atoms with E-state index in [-0.39, 0.29) is 5.82 Å². The van der Waals surface area contributed by atoms with Crippen molar-refractivity contribution >= 4 is 11.5 Å². The van der Waals surface area contributed by atoms with Crippen molar-refractivity contribution in [2.24, 2.45) is 4.99 Å². The summed E-state index contributed by atoms with van der Waals surface area (Å²) in [5, 5.41) is 2.98. The lowest BCUT2D eigenvalue weighted by Crippen LogP contribution is -2.48. The largest absolute Gasteiger partial charge is 0.345 e. The number of rotatable bonds is 5. The summed E-state index contributed by atoms with van der Waals surface area (Å²) in [6.07, 6.45) is 1.74. The Morgan fingerprint density at radius 3 is 2.74 bits per heavy atom. The molecule has 0 amide bonds. The fourth-order valence-corrected chi connectivity index (χ4v) is 2.74. The van der Waals surface area contributed by atoms with Gasteiger partial charge in [0.2, 0.25) is 0 Å². The second-order valence-corrected chi connectivity index (χ2v) is 5.61. The van der Waals surface area contributed by atoms with Crippen LogP contribution in [0.1, 0.15) is 12.5 Å². The fourth-order valence-electron chi connectivity index (χ4n) is 2.74. The first-order valence-corrected chi connectivity index (χ1v) is 7.88. The molecule has 2 aromatic rings. The second kappa shape index (κ2) is 6.87. The van der Waals surface area contributed by atoms with Crippen molar-refractivity contribution < 1.29 is 4.39 Å². The maximum Gasteiger partial charge on any atom is 0.135 e. The van der Waals surface area contributed by atoms with Gasteiger partial charge in [0, 0.05) is 36.0 Å². The number of aliphatic imine (C=N–C) groups is 1. The van der Waals surface area contributed by atoms with Gasteiger partial charge >= 0.3 is 0 Å². The maximum atomic E-state index is 14.5. The molecule has 0 saturated carbocycles. The minimum atomic E-state index is -0.183. The van der Waals surface area contributed by atoms with E-state index in [1.165, 1.54) is 5.71 Å². The van der Waals surface area contributed by atoms with E-state index in [0.29, 0.717) is 17.7 Å². The second-order valence-electron chi connectivity index (χ2n) is 5.61. The molecule has 1 N–H and O–H groups in total. The van der Waals surface area contributed by atoms with Crippen LogP contribution in [0.25, 0.3) is 11.1 Å². The lowest BCUT2D eigenvalue weighted by atomic mass is 10.0. The third-order valence-electron chi connectivity index (χ3n) is 3.96. The minimum Gasteiger partial charge on any atom is -0.345 e. The number of halogens is 1. The summed E-state index contributed by atoms with van der Waals surface area (Å²) in [5.74, 6) is 0.730. The third-order valence-corrected chi connectivity index (χ3v) is 3.96. The van der Waals surface area contributed by atoms with Crippen LogP contribution in [0.5, 0.6) is 0 Å². The molecule has 1 fully saturated rings. The lowest BCUT2D eigenvalue weighted by molar-refractivity contribution is 0.604. The maximum absolute atomic E-state index is 14.5. The van der Waals surface area contributed by atoms with Crippen LogP contribution in [-0.4, -0.2) is 37.4 Å². The zero-order valence-corrected chi connectivity index (χ0v) is 13.5. The van der Waals surface area contributed by atoms with Crippen molar-refractivity contribution in [1.29, 1.82) is 0 Å². The van der Waals surface area contributed by atoms with Gasteiger partial charge in [-0.3, -0.25) is 4.99 Å². The van der Waals surface area contributed by atoms with Gasteiger partial charge in [0.05, 0.1) is 18.8 Å². The van der Waals surface area contributed by atoms with Crippen LogP contribution in [0.4, 0.5) is 10.2 Å². The highest BCUT2D eigenvalue weighted by Crippen LogP contribution is 2.26. The number of aromatic nitrogens is 1. The van der Waals surface area contributed by atoms with Crippen LogP contribution in [0, 0.1) is 5.82 Å². The smallest absolute Gasteiger partial charge is 0.135 e. The van der Waals surface area contributed by atoms with E-state index in [9.17, 15) is 4.39 Å². The molecule has 0 atom stereocenters. The number of benzene rings is 1. The number of hydrogen-bond donors (Lipinski definition) is 1. The lowest BCUT2D eigenvalue weighted by Gasteiger charge is -2.33. The van der Waals surface area contributed by atoms with Gasteiger partial charge in [-0.2, -0.15) is 0 Å². The highest BCUT2D eigenvalue weighted by Gasteiger charge is 2.22. The van der Waals surface area contributed by atoms with E-state index in [4.69, 9.17) is 0 Å². The van der Waals surface area contributed by atoms with Crippen LogP contribution in [0.2, 0.25) is 0 Å². The Bertz CT molecular complexity index is 701. The topological polar surface area (TPSA) is 40.5 Å². The molecule has 0 bridgehead atoms. The molecule has 0 unspecified atom stereocenters. The number of pyridine rings is 1. The van der Waals surface area contributed by atoms with Gasteiger partial charge in [0.15, 0.2) is 0 Å². The summed E-state index contributed by atoms with van der Waals surface area (Å²) in [5.41, 5.74) is 3.27. The van der Waals surface area contributed by atoms with Gasteiger partial charge < -0.3 is 10.2 Å². The molecule has 4 nitrogen and oxygen atoms in total. The molecule has 3 rings (SSSR count). The van der Waals surface area contributed by atoms with Gasteiger partial charge in [-0.1, -0.05) is 18.2 Å². The SMILES string of the molecule is CCN=C1CN(c2ccc(-c3cccc(CNC)c3F)cn2)C1. The summed E-state index contributed by atoms with van der Waals surface area (Å²) in [6.45, 7) is 5.06. The van der Waals surface area contributed by atoms with E-state index < -0.39 is 0 Å². The van der Waals surface area contributed by atoms with Crippen LogP contribution >= 0.6 is 0 Å². The molecule has 120 valence electrons. The highest BCUT2D eigenvalue weighted by atomic mass is 19.1. The molecule has 0 aliphatic carbocycles. The molecule has 1 saturated heterocycles. The Morgan fingerprint density at radius 1 is 1.26 bits per heavy atom. The monoisotopic (exact) mass is 312 g/mol. The molecule has 5 heteroatoms. The average Bonchev–Trinajstić information content (AvgIpc) is 2.53. The Labute approximate surface area is 136 Å². The van der Waals surface area contributed by atoms with Crippen LogP contribution in [0.3, 0.4) is 0 Å². The van der Waals surface area contributed by atoms with Gasteiger partial charge in [0.25, 0.3) is 0 Å². The van der Waals surface area contributed by atoms with Crippen molar-refractivity contribution in [2.75, 3.05) is 31.6 Å². The molecule has 1 aromatic carbocycles. The molecular weight excluding hydrogens is 291 g/mol. The molecule has 0 spiro atoms. The van der Waals surface area contributed by atoms with Crippen LogP contribution in [-0.2, 0) is 6.54 Å². The van der Waals surface area contributed by atoms with Gasteiger partial charge in [-0.25, -0.2) is 9.37 Å². The number of anilines is 1. The quantitative estimate of drug-likeness (QED) is 0.923. The van der Waals surface area contributed by atoms with E-state index >= 15 is 0 Å². The van der Waals surface area contributed by atoms with Crippen LogP contribution in [0.15, 0.2) is 41.5 Å². The van der Waals surface area contributed by atoms with E-state index in [1.54, 1.807) is 18.3 Å². The van der Waals surface area contributed by atoms with E-state index in [1.807, 2.05) is 32.2 Å². The van der Waals surface area contributed by atoms with Gasteiger partial charge in [-0.15, -0.1) is 0 Å². The summed E-state index contributed by atoms with van der Waals surface area (Å²) in [4.78, 5) is 11.0. The summed E-state index contributed by atoms with van der Waals surface area (Å²) in [7, 11) is 1.81. The average molecular weight is 312 g/mol. The Hall–Kier alpha value is -2.27. The zero-order valence-electron chi connectivity index (χ0n) is 13.5. The molecule has 1 aliphatic heterocycles. The summed E-state index contributed by atoms with van der Waals surface area (Å²) in [6, 6.07) is 9.34. The Balaban J connectivity index is 1.78. The minimum absolute atomic E-state index is 0.183. The zero-order chi connectivity index (χ0) is 16.2. The standard InChI is InChI=1S/C18H21FN4/c1-3-21-15-11-23(12-15)17-8-7-13(10-22-17)16-6-4-5-14(9-20-2)18(16)19/h4-8,10,20H,3,9,11-12H2,1-2H3. The van der Waals surface area contributed by atoms with Crippen molar-refractivity contribution in [2.45, 2.75) is 13.5 Å². The third kappa shape index (κ3) is 3.24. The first kappa shape index (κ1) is 15.6. The van der Waals surface area contributed by atoms with Gasteiger partial charge in [0.1, 0.15) is 11.6 Å². The van der Waals surface area contributed by atoms with Crippen LogP contribution < -0.4 is 10.2 Å². The predicted molar refractivity (Wildman–Crippen MR) is 92.6 cm³/mol. The van der Waals surface area contributed by atoms with Crippen molar-refractivity contribution in [3.63, 3.8) is 0 Å². The van der Waals surface area contributed by atoms with Crippen molar-refractivity contribution in [3.05, 3.63) is 47.9 Å². The van der Waals surface area contributed by atoms with Gasteiger partial charge in [-0.05, 0) is 26.1 Å². The fraction of sp³-hybridized carbons (Fsp3) is 0.333. The first-order valence-electron chi connectivity index (χ1n) is 7.88. The highest BCUT2D eigenvalue weighted by molar-refractivity contribution is 5.99. The van der Waals surface area contributed by atoms with E-state index in [2.05, 4.69) is 20.2 Å². The Kier molecular flexibility index (Phi) is 4.67. The first-order chi connectivity index (χ1) is 11.2. The molecule has 2 heterocycles. The van der Waals surface area contributed by atoms with E-state index in [0.717, 1.165) is 31.0 Å². The predicted octanol–water partition coefficient (Wildman–Crippen LogP) is 2.89. The van der Waals surface area contributed by atoms with Crippen molar-refractivity contribution in [3.8, 4) is 11.1 Å². The molecule has 23 heavy (non-hydrogen) atoms. The number of nitrogens with zero attached hydrogens (tertiary/aromatic N) is 3. The molecule has 1 aliphatic rings. The molecule has 1 aromatic heterocycles.